The van der Waals surface area contributed by atoms with Gasteiger partial charge in [-0.3, -0.25) is 4.72 Å². The molecule has 0 spiro atoms. The first-order chi connectivity index (χ1) is 15.3. The first-order valence-electron chi connectivity index (χ1n) is 9.40. The number of ether oxygens (including phenoxy) is 1. The van der Waals surface area contributed by atoms with Crippen molar-refractivity contribution in [1.29, 1.82) is 0 Å². The highest BCUT2D eigenvalue weighted by atomic mass is 35.5. The Labute approximate surface area is 187 Å². The molecule has 0 aliphatic rings. The number of halogens is 3. The molecule has 0 aliphatic carbocycles. The zero-order valence-corrected chi connectivity index (χ0v) is 18.3. The first-order valence-corrected chi connectivity index (χ1v) is 11.3. The molecule has 0 bridgehead atoms. The Morgan fingerprint density at radius 2 is 1.94 bits per heavy atom. The predicted molar refractivity (Wildman–Crippen MR) is 116 cm³/mol. The fraction of sp³-hybridized carbons (Fsp3) is 0.143. The molecule has 1 aromatic carbocycles. The van der Waals surface area contributed by atoms with E-state index >= 15 is 4.39 Å². The fourth-order valence-electron chi connectivity index (χ4n) is 3.25. The van der Waals surface area contributed by atoms with Gasteiger partial charge in [-0.1, -0.05) is 11.6 Å². The number of H-pyrrole nitrogens is 1. The number of pyridine rings is 2. The van der Waals surface area contributed by atoms with Gasteiger partial charge in [0.25, 0.3) is 10.0 Å². The maximum Gasteiger partial charge on any atom is 0.267 e. The average Bonchev–Trinajstić information content (AvgIpc) is 3.23. The van der Waals surface area contributed by atoms with E-state index in [4.69, 9.17) is 16.3 Å². The summed E-state index contributed by atoms with van der Waals surface area (Å²) >= 11 is 5.85. The van der Waals surface area contributed by atoms with E-state index in [0.29, 0.717) is 12.1 Å². The lowest BCUT2D eigenvalue weighted by molar-refractivity contribution is 0.385. The summed E-state index contributed by atoms with van der Waals surface area (Å²) in [5.41, 5.74) is 0.864. The van der Waals surface area contributed by atoms with E-state index < -0.39 is 27.3 Å². The molecule has 11 heteroatoms. The first kappa shape index (κ1) is 22.0. The van der Waals surface area contributed by atoms with Crippen molar-refractivity contribution in [3.63, 3.8) is 0 Å². The minimum Gasteiger partial charge on any atom is -0.480 e. The van der Waals surface area contributed by atoms with E-state index in [9.17, 15) is 12.8 Å². The summed E-state index contributed by atoms with van der Waals surface area (Å²) in [6, 6.07) is 6.88. The van der Waals surface area contributed by atoms with Crippen molar-refractivity contribution in [3.05, 3.63) is 76.7 Å². The summed E-state index contributed by atoms with van der Waals surface area (Å²) in [4.78, 5) is 10.7. The topological polar surface area (TPSA) is 97.0 Å². The maximum absolute atomic E-state index is 15.1. The van der Waals surface area contributed by atoms with Crippen LogP contribution in [-0.4, -0.2) is 30.5 Å². The number of anilines is 1. The number of aromatic amines is 1. The number of aromatic nitrogens is 3. The summed E-state index contributed by atoms with van der Waals surface area (Å²) in [6.07, 6.45) is 4.91. The van der Waals surface area contributed by atoms with E-state index in [1.807, 2.05) is 12.1 Å². The smallest absolute Gasteiger partial charge is 0.267 e. The highest BCUT2D eigenvalue weighted by Gasteiger charge is 2.24. The molecule has 7 nitrogen and oxygen atoms in total. The van der Waals surface area contributed by atoms with Crippen LogP contribution >= 0.6 is 11.6 Å². The highest BCUT2D eigenvalue weighted by Crippen LogP contribution is 2.29. The standard InChI is InChI=1S/C21H17ClF2N4O3S/c1-31-21-18(9-14(22)11-27-21)32(29,30)28-17-5-4-16(23)15(19(17)24)3-2-12-8-13-6-7-25-20(13)26-10-12/h4-11,28H,2-3H2,1H3,(H,25,26). The lowest BCUT2D eigenvalue weighted by Crippen LogP contribution is -2.16. The van der Waals surface area contributed by atoms with Crippen molar-refractivity contribution in [3.8, 4) is 5.88 Å². The van der Waals surface area contributed by atoms with Crippen LogP contribution in [-0.2, 0) is 22.9 Å². The molecule has 0 atom stereocenters. The zero-order chi connectivity index (χ0) is 22.9. The molecule has 0 radical (unpaired) electrons. The van der Waals surface area contributed by atoms with Gasteiger partial charge in [-0.15, -0.1) is 0 Å². The molecule has 0 unspecified atom stereocenters. The van der Waals surface area contributed by atoms with Crippen molar-refractivity contribution in [2.24, 2.45) is 0 Å². The van der Waals surface area contributed by atoms with Crippen LogP contribution in [0, 0.1) is 11.6 Å². The van der Waals surface area contributed by atoms with Crippen LogP contribution in [0.25, 0.3) is 11.0 Å². The molecule has 0 aliphatic heterocycles. The van der Waals surface area contributed by atoms with E-state index in [-0.39, 0.29) is 27.8 Å². The van der Waals surface area contributed by atoms with Gasteiger partial charge < -0.3 is 9.72 Å². The van der Waals surface area contributed by atoms with Crippen LogP contribution in [0.2, 0.25) is 5.02 Å². The van der Waals surface area contributed by atoms with E-state index in [1.54, 1.807) is 12.4 Å². The van der Waals surface area contributed by atoms with Crippen LogP contribution < -0.4 is 9.46 Å². The van der Waals surface area contributed by atoms with Gasteiger partial charge in [-0.25, -0.2) is 27.2 Å². The predicted octanol–water partition coefficient (Wildman–Crippen LogP) is 4.48. The van der Waals surface area contributed by atoms with Crippen LogP contribution in [0.5, 0.6) is 5.88 Å². The van der Waals surface area contributed by atoms with Crippen molar-refractivity contribution in [2.75, 3.05) is 11.8 Å². The number of rotatable bonds is 7. The van der Waals surface area contributed by atoms with Gasteiger partial charge in [0.05, 0.1) is 17.8 Å². The zero-order valence-electron chi connectivity index (χ0n) is 16.7. The molecule has 2 N–H and O–H groups in total. The summed E-state index contributed by atoms with van der Waals surface area (Å²) < 4.78 is 62.1. The Balaban J connectivity index is 1.61. The third-order valence-electron chi connectivity index (χ3n) is 4.82. The number of nitrogens with zero attached hydrogens (tertiary/aromatic N) is 2. The molecule has 0 amide bonds. The third kappa shape index (κ3) is 4.37. The quantitative estimate of drug-likeness (QED) is 0.408. The second-order valence-corrected chi connectivity index (χ2v) is 9.00. The molecular weight excluding hydrogens is 462 g/mol. The number of hydrogen-bond acceptors (Lipinski definition) is 5. The number of fused-ring (bicyclic) bond motifs is 1. The van der Waals surface area contributed by atoms with Gasteiger partial charge >= 0.3 is 0 Å². The van der Waals surface area contributed by atoms with Gasteiger partial charge in [0.1, 0.15) is 11.5 Å². The summed E-state index contributed by atoms with van der Waals surface area (Å²) in [7, 11) is -3.07. The molecule has 166 valence electrons. The Morgan fingerprint density at radius 3 is 2.72 bits per heavy atom. The maximum atomic E-state index is 15.1. The normalized spacial score (nSPS) is 11.6. The molecule has 3 heterocycles. The molecule has 4 aromatic rings. The molecule has 4 rings (SSSR count). The average molecular weight is 479 g/mol. The second kappa shape index (κ2) is 8.71. The molecule has 0 fully saturated rings. The van der Waals surface area contributed by atoms with Crippen LogP contribution in [0.15, 0.2) is 53.8 Å². The number of aryl methyl sites for hydroxylation is 1. The Hall–Kier alpha value is -3.24. The van der Waals surface area contributed by atoms with Gasteiger partial charge in [0, 0.05) is 29.5 Å². The number of hydrogen-bond donors (Lipinski definition) is 2. The fourth-order valence-corrected chi connectivity index (χ4v) is 4.68. The lowest BCUT2D eigenvalue weighted by atomic mass is 10.0. The van der Waals surface area contributed by atoms with Crippen LogP contribution in [0.3, 0.4) is 0 Å². The number of methoxy groups -OCH3 is 1. The van der Waals surface area contributed by atoms with Crippen molar-refractivity contribution >= 4 is 38.3 Å². The van der Waals surface area contributed by atoms with Crippen LogP contribution in [0.1, 0.15) is 11.1 Å². The second-order valence-electron chi connectivity index (χ2n) is 6.91. The van der Waals surface area contributed by atoms with E-state index in [2.05, 4.69) is 19.7 Å². The largest absolute Gasteiger partial charge is 0.480 e. The third-order valence-corrected chi connectivity index (χ3v) is 6.39. The molecular formula is C21H17ClF2N4O3S. The Kier molecular flexibility index (Phi) is 5.98. The number of nitrogens with one attached hydrogen (secondary N) is 2. The van der Waals surface area contributed by atoms with Gasteiger partial charge in [-0.2, -0.15) is 0 Å². The summed E-state index contributed by atoms with van der Waals surface area (Å²) in [5.74, 6) is -1.99. The monoisotopic (exact) mass is 478 g/mol. The van der Waals surface area contributed by atoms with E-state index in [1.165, 1.54) is 13.3 Å². The molecule has 3 aromatic heterocycles. The summed E-state index contributed by atoms with van der Waals surface area (Å²) in [6.45, 7) is 0. The minimum absolute atomic E-state index is 0.00683. The molecule has 32 heavy (non-hydrogen) atoms. The van der Waals surface area contributed by atoms with Crippen LogP contribution in [0.4, 0.5) is 14.5 Å². The van der Waals surface area contributed by atoms with Gasteiger partial charge in [0.2, 0.25) is 5.88 Å². The molecule has 0 saturated carbocycles. The lowest BCUT2D eigenvalue weighted by Gasteiger charge is -2.14. The van der Waals surface area contributed by atoms with Crippen molar-refractivity contribution in [1.82, 2.24) is 15.0 Å². The number of sulfonamides is 1. The molecule has 0 saturated heterocycles. The Morgan fingerprint density at radius 1 is 1.12 bits per heavy atom. The van der Waals surface area contributed by atoms with Crippen molar-refractivity contribution < 1.29 is 21.9 Å². The number of benzene rings is 1. The minimum atomic E-state index is -4.31. The SMILES string of the molecule is COc1ncc(Cl)cc1S(=O)(=O)Nc1ccc(F)c(CCc2cnc3[nH]ccc3c2)c1F. The van der Waals surface area contributed by atoms with Gasteiger partial charge in [0.15, 0.2) is 10.7 Å². The highest BCUT2D eigenvalue weighted by molar-refractivity contribution is 7.92. The van der Waals surface area contributed by atoms with E-state index in [0.717, 1.165) is 29.1 Å². The van der Waals surface area contributed by atoms with Crippen molar-refractivity contribution in [2.45, 2.75) is 17.7 Å². The summed E-state index contributed by atoms with van der Waals surface area (Å²) in [5, 5.41) is 0.938. The van der Waals surface area contributed by atoms with Gasteiger partial charge in [-0.05, 0) is 48.7 Å². The Bertz CT molecular complexity index is 1410.